The number of hydrogen-bond acceptors (Lipinski definition) is 3. The van der Waals surface area contributed by atoms with Gasteiger partial charge in [0.05, 0.1) is 13.2 Å². The summed E-state index contributed by atoms with van der Waals surface area (Å²) in [6.07, 6.45) is 0.976. The van der Waals surface area contributed by atoms with E-state index in [1.165, 1.54) is 0 Å². The molecule has 0 saturated carbocycles. The zero-order valence-electron chi connectivity index (χ0n) is 10.7. The van der Waals surface area contributed by atoms with Crippen LogP contribution < -0.4 is 10.1 Å². The van der Waals surface area contributed by atoms with Crippen LogP contribution in [0.25, 0.3) is 0 Å². The Bertz CT molecular complexity index is 595. The number of benzene rings is 2. The van der Waals surface area contributed by atoms with Gasteiger partial charge >= 0.3 is 0 Å². The number of nitrogens with one attached hydrogen (secondary N) is 1. The van der Waals surface area contributed by atoms with E-state index in [9.17, 15) is 4.79 Å². The minimum Gasteiger partial charge on any atom is -0.497 e. The third kappa shape index (κ3) is 1.97. The fourth-order valence-corrected chi connectivity index (χ4v) is 2.67. The van der Waals surface area contributed by atoms with E-state index in [4.69, 9.17) is 4.74 Å². The normalized spacial score (nSPS) is 20.5. The summed E-state index contributed by atoms with van der Waals surface area (Å²) >= 11 is 0. The molecule has 0 aromatic heterocycles. The first-order chi connectivity index (χ1) is 9.33. The number of ether oxygens (including phenoxy) is 1. The lowest BCUT2D eigenvalue weighted by atomic mass is 9.88. The molecule has 1 aliphatic rings. The van der Waals surface area contributed by atoms with Gasteiger partial charge in [0.15, 0.2) is 0 Å². The second-order valence-electron chi connectivity index (χ2n) is 4.65. The molecular formula is C16H15NO2. The largest absolute Gasteiger partial charge is 0.497 e. The molecule has 3 heteroatoms. The highest BCUT2D eigenvalue weighted by Crippen LogP contribution is 2.41. The molecule has 96 valence electrons. The number of anilines is 1. The van der Waals surface area contributed by atoms with Crippen LogP contribution in [0.1, 0.15) is 17.0 Å². The predicted molar refractivity (Wildman–Crippen MR) is 74.8 cm³/mol. The second-order valence-corrected chi connectivity index (χ2v) is 4.65. The first-order valence-electron chi connectivity index (χ1n) is 6.28. The van der Waals surface area contributed by atoms with Crippen LogP contribution in [0.2, 0.25) is 0 Å². The van der Waals surface area contributed by atoms with Crippen molar-refractivity contribution in [2.24, 2.45) is 0 Å². The van der Waals surface area contributed by atoms with Crippen molar-refractivity contribution in [1.82, 2.24) is 0 Å². The molecule has 0 bridgehead atoms. The molecule has 2 atom stereocenters. The Kier molecular flexibility index (Phi) is 2.95. The molecule has 1 heterocycles. The number of fused-ring (bicyclic) bond motifs is 1. The van der Waals surface area contributed by atoms with Gasteiger partial charge < -0.3 is 14.8 Å². The van der Waals surface area contributed by atoms with E-state index in [2.05, 4.69) is 17.4 Å². The van der Waals surface area contributed by atoms with E-state index in [0.29, 0.717) is 0 Å². The molecule has 0 saturated heterocycles. The van der Waals surface area contributed by atoms with Crippen molar-refractivity contribution < 1.29 is 9.53 Å². The van der Waals surface area contributed by atoms with Gasteiger partial charge in [0.2, 0.25) is 0 Å². The third-order valence-corrected chi connectivity index (χ3v) is 3.58. The van der Waals surface area contributed by atoms with Crippen LogP contribution in [-0.4, -0.2) is 19.4 Å². The Morgan fingerprint density at radius 1 is 1.16 bits per heavy atom. The average Bonchev–Trinajstić information content (AvgIpc) is 2.85. The summed E-state index contributed by atoms with van der Waals surface area (Å²) in [7, 11) is 1.65. The van der Waals surface area contributed by atoms with E-state index < -0.39 is 0 Å². The number of rotatable bonds is 3. The van der Waals surface area contributed by atoms with Gasteiger partial charge in [-0.15, -0.1) is 0 Å². The second kappa shape index (κ2) is 4.76. The molecule has 1 N–H and O–H groups in total. The van der Waals surface area contributed by atoms with E-state index in [1.807, 2.05) is 36.4 Å². The topological polar surface area (TPSA) is 38.3 Å². The van der Waals surface area contributed by atoms with Gasteiger partial charge in [-0.25, -0.2) is 0 Å². The van der Waals surface area contributed by atoms with E-state index >= 15 is 0 Å². The van der Waals surface area contributed by atoms with E-state index in [0.717, 1.165) is 28.8 Å². The maximum atomic E-state index is 11.3. The van der Waals surface area contributed by atoms with Crippen molar-refractivity contribution in [2.45, 2.75) is 12.0 Å². The van der Waals surface area contributed by atoms with Gasteiger partial charge in [-0.3, -0.25) is 0 Å². The smallest absolute Gasteiger partial charge is 0.143 e. The van der Waals surface area contributed by atoms with Crippen LogP contribution >= 0.6 is 0 Å². The molecule has 2 unspecified atom stereocenters. The number of carbonyl (C=O) groups is 1. The fourth-order valence-electron chi connectivity index (χ4n) is 2.67. The molecule has 3 nitrogen and oxygen atoms in total. The van der Waals surface area contributed by atoms with E-state index in [1.54, 1.807) is 7.11 Å². The molecule has 0 fully saturated rings. The number of aldehydes is 1. The number of methoxy groups -OCH3 is 1. The molecule has 0 spiro atoms. The number of hydrogen-bond donors (Lipinski definition) is 1. The van der Waals surface area contributed by atoms with Crippen molar-refractivity contribution in [3.05, 3.63) is 59.7 Å². The van der Waals surface area contributed by atoms with Gasteiger partial charge in [-0.1, -0.05) is 30.3 Å². The van der Waals surface area contributed by atoms with Crippen molar-refractivity contribution in [2.75, 3.05) is 12.4 Å². The van der Waals surface area contributed by atoms with Crippen molar-refractivity contribution in [3.8, 4) is 5.75 Å². The minimum absolute atomic E-state index is 0.0452. The molecule has 3 rings (SSSR count). The Labute approximate surface area is 112 Å². The molecule has 2 aromatic carbocycles. The van der Waals surface area contributed by atoms with Crippen molar-refractivity contribution in [3.63, 3.8) is 0 Å². The van der Waals surface area contributed by atoms with E-state index in [-0.39, 0.29) is 12.0 Å². The summed E-state index contributed by atoms with van der Waals surface area (Å²) in [6.45, 7) is 0. The maximum absolute atomic E-state index is 11.3. The average molecular weight is 253 g/mol. The number of carbonyl (C=O) groups excluding carboxylic acids is 1. The first-order valence-corrected chi connectivity index (χ1v) is 6.28. The summed E-state index contributed by atoms with van der Waals surface area (Å²) in [4.78, 5) is 11.3. The highest BCUT2D eigenvalue weighted by Gasteiger charge is 2.33. The molecule has 0 aliphatic carbocycles. The SMILES string of the molecule is COc1ccc2c(c1)C(c1ccccc1)C(C=O)N2. The van der Waals surface area contributed by atoms with Crippen molar-refractivity contribution >= 4 is 12.0 Å². The lowest BCUT2D eigenvalue weighted by Crippen LogP contribution is -2.22. The van der Waals surface area contributed by atoms with Crippen LogP contribution in [0, 0.1) is 0 Å². The van der Waals surface area contributed by atoms with Gasteiger partial charge in [0.25, 0.3) is 0 Å². The first kappa shape index (κ1) is 11.8. The van der Waals surface area contributed by atoms with Crippen LogP contribution in [0.5, 0.6) is 5.75 Å². The zero-order chi connectivity index (χ0) is 13.2. The predicted octanol–water partition coefficient (Wildman–Crippen LogP) is 2.82. The van der Waals surface area contributed by atoms with Gasteiger partial charge in [0, 0.05) is 11.6 Å². The molecule has 0 radical (unpaired) electrons. The maximum Gasteiger partial charge on any atom is 0.143 e. The molecule has 19 heavy (non-hydrogen) atoms. The van der Waals surface area contributed by atoms with Gasteiger partial charge in [-0.05, 0) is 29.3 Å². The van der Waals surface area contributed by atoms with Crippen molar-refractivity contribution in [1.29, 1.82) is 0 Å². The highest BCUT2D eigenvalue weighted by atomic mass is 16.5. The quantitative estimate of drug-likeness (QED) is 0.855. The molecular weight excluding hydrogens is 238 g/mol. The summed E-state index contributed by atoms with van der Waals surface area (Å²) in [5.41, 5.74) is 3.26. The molecule has 2 aromatic rings. The molecule has 1 aliphatic heterocycles. The van der Waals surface area contributed by atoms with Crippen LogP contribution in [-0.2, 0) is 4.79 Å². The summed E-state index contributed by atoms with van der Waals surface area (Å²) in [5.74, 6) is 0.858. The lowest BCUT2D eigenvalue weighted by molar-refractivity contribution is -0.108. The summed E-state index contributed by atoms with van der Waals surface area (Å²) < 4.78 is 5.28. The third-order valence-electron chi connectivity index (χ3n) is 3.58. The monoisotopic (exact) mass is 253 g/mol. The Morgan fingerprint density at radius 2 is 1.95 bits per heavy atom. The fraction of sp³-hybridized carbons (Fsp3) is 0.188. The summed E-state index contributed by atoms with van der Waals surface area (Å²) in [5, 5.41) is 3.26. The standard InChI is InChI=1S/C16H15NO2/c1-19-12-7-8-14-13(9-12)16(15(10-18)17-14)11-5-3-2-4-6-11/h2-10,15-17H,1H3. The van der Waals surface area contributed by atoms with Crippen LogP contribution in [0.15, 0.2) is 48.5 Å². The Balaban J connectivity index is 2.10. The van der Waals surface area contributed by atoms with Crippen LogP contribution in [0.4, 0.5) is 5.69 Å². The Hall–Kier alpha value is -2.29. The zero-order valence-corrected chi connectivity index (χ0v) is 10.7. The van der Waals surface area contributed by atoms with Crippen LogP contribution in [0.3, 0.4) is 0 Å². The lowest BCUT2D eigenvalue weighted by Gasteiger charge is -2.15. The minimum atomic E-state index is -0.218. The highest BCUT2D eigenvalue weighted by molar-refractivity contribution is 5.76. The Morgan fingerprint density at radius 3 is 2.63 bits per heavy atom. The van der Waals surface area contributed by atoms with Gasteiger partial charge in [0.1, 0.15) is 12.0 Å². The van der Waals surface area contributed by atoms with Gasteiger partial charge in [-0.2, -0.15) is 0 Å². The molecule has 0 amide bonds. The summed E-state index contributed by atoms with van der Waals surface area (Å²) in [6, 6.07) is 15.7.